The molecule has 13 heavy (non-hydrogen) atoms. The average molecular weight is 191 g/mol. The molecule has 1 aromatic heterocycles. The molecule has 2 heteroatoms. The summed E-state index contributed by atoms with van der Waals surface area (Å²) in [6, 6.07) is 8.68. The van der Waals surface area contributed by atoms with Gasteiger partial charge in [0, 0.05) is 16.6 Å². The number of aromatic amines is 1. The molecule has 0 saturated carbocycles. The van der Waals surface area contributed by atoms with Crippen LogP contribution in [0.4, 0.5) is 0 Å². The number of H-pyrrole nitrogens is 1. The molecule has 1 aromatic carbocycles. The number of benzene rings is 1. The molecule has 0 saturated heterocycles. The predicted octanol–water partition coefficient (Wildman–Crippen LogP) is 3.67. The summed E-state index contributed by atoms with van der Waals surface area (Å²) in [5.41, 5.74) is 1.24. The zero-order valence-electron chi connectivity index (χ0n) is 7.71. The first-order chi connectivity index (χ1) is 6.40. The standard InChI is InChI=1S/C11H13NS/c1-2-7-13-10-4-3-9-5-6-12-11(9)8-10/h3-6,8,12H,2,7H2,1H3. The molecule has 0 aliphatic rings. The van der Waals surface area contributed by atoms with Crippen molar-refractivity contribution in [2.45, 2.75) is 18.2 Å². The molecule has 68 valence electrons. The molecule has 0 bridgehead atoms. The molecule has 1 N–H and O–H groups in total. The van der Waals surface area contributed by atoms with Gasteiger partial charge in [0.15, 0.2) is 0 Å². The van der Waals surface area contributed by atoms with Gasteiger partial charge in [0.2, 0.25) is 0 Å². The third-order valence-electron chi connectivity index (χ3n) is 2.00. The van der Waals surface area contributed by atoms with Crippen molar-refractivity contribution in [3.05, 3.63) is 30.5 Å². The first-order valence-corrected chi connectivity index (χ1v) is 5.58. The molecule has 1 heterocycles. The van der Waals surface area contributed by atoms with Gasteiger partial charge in [0.25, 0.3) is 0 Å². The van der Waals surface area contributed by atoms with Gasteiger partial charge < -0.3 is 4.98 Å². The first kappa shape index (κ1) is 8.70. The van der Waals surface area contributed by atoms with E-state index in [0.29, 0.717) is 0 Å². The molecule has 2 rings (SSSR count). The summed E-state index contributed by atoms with van der Waals surface area (Å²) in [4.78, 5) is 4.58. The van der Waals surface area contributed by atoms with Crippen LogP contribution in [0.3, 0.4) is 0 Å². The Morgan fingerprint density at radius 2 is 2.23 bits per heavy atom. The molecule has 0 fully saturated rings. The molecule has 0 atom stereocenters. The van der Waals surface area contributed by atoms with Crippen LogP contribution in [-0.4, -0.2) is 10.7 Å². The Morgan fingerprint density at radius 3 is 3.08 bits per heavy atom. The summed E-state index contributed by atoms with van der Waals surface area (Å²) < 4.78 is 0. The molecular formula is C11H13NS. The van der Waals surface area contributed by atoms with Gasteiger partial charge in [-0.05, 0) is 35.8 Å². The second-order valence-electron chi connectivity index (χ2n) is 3.08. The SMILES string of the molecule is CCCSc1ccc2cc[nH]c2c1. The van der Waals surface area contributed by atoms with Gasteiger partial charge in [-0.25, -0.2) is 0 Å². The van der Waals surface area contributed by atoms with Gasteiger partial charge in [-0.15, -0.1) is 11.8 Å². The largest absolute Gasteiger partial charge is 0.361 e. The Kier molecular flexibility index (Phi) is 2.60. The lowest BCUT2D eigenvalue weighted by Gasteiger charge is -1.99. The molecule has 1 nitrogen and oxygen atoms in total. The van der Waals surface area contributed by atoms with Gasteiger partial charge >= 0.3 is 0 Å². The van der Waals surface area contributed by atoms with Crippen molar-refractivity contribution in [2.24, 2.45) is 0 Å². The molecular weight excluding hydrogens is 178 g/mol. The Hall–Kier alpha value is -0.890. The van der Waals surface area contributed by atoms with Crippen LogP contribution in [0.25, 0.3) is 10.9 Å². The molecule has 0 unspecified atom stereocenters. The molecule has 2 aromatic rings. The van der Waals surface area contributed by atoms with E-state index < -0.39 is 0 Å². The fraction of sp³-hybridized carbons (Fsp3) is 0.273. The summed E-state index contributed by atoms with van der Waals surface area (Å²) in [6.45, 7) is 2.21. The lowest BCUT2D eigenvalue weighted by atomic mass is 10.2. The van der Waals surface area contributed by atoms with Crippen molar-refractivity contribution in [3.8, 4) is 0 Å². The fourth-order valence-electron chi connectivity index (χ4n) is 1.34. The van der Waals surface area contributed by atoms with Crippen LogP contribution in [0.5, 0.6) is 0 Å². The quantitative estimate of drug-likeness (QED) is 0.732. The maximum absolute atomic E-state index is 3.22. The van der Waals surface area contributed by atoms with Gasteiger partial charge in [-0.2, -0.15) is 0 Å². The zero-order valence-corrected chi connectivity index (χ0v) is 8.53. The van der Waals surface area contributed by atoms with Crippen LogP contribution in [0, 0.1) is 0 Å². The normalized spacial score (nSPS) is 10.8. The van der Waals surface area contributed by atoms with Gasteiger partial charge in [0.1, 0.15) is 0 Å². The summed E-state index contributed by atoms with van der Waals surface area (Å²) in [5.74, 6) is 1.20. The third kappa shape index (κ3) is 1.89. The molecule has 0 spiro atoms. The van der Waals surface area contributed by atoms with Crippen molar-refractivity contribution in [1.82, 2.24) is 4.98 Å². The Morgan fingerprint density at radius 1 is 1.31 bits per heavy atom. The summed E-state index contributed by atoms with van der Waals surface area (Å²) >= 11 is 1.92. The minimum absolute atomic E-state index is 1.20. The highest BCUT2D eigenvalue weighted by molar-refractivity contribution is 7.99. The van der Waals surface area contributed by atoms with E-state index in [1.165, 1.54) is 28.0 Å². The van der Waals surface area contributed by atoms with Crippen LogP contribution in [0.15, 0.2) is 35.4 Å². The third-order valence-corrected chi connectivity index (χ3v) is 3.20. The monoisotopic (exact) mass is 191 g/mol. The van der Waals surface area contributed by atoms with Crippen molar-refractivity contribution in [1.29, 1.82) is 0 Å². The Balaban J connectivity index is 2.26. The summed E-state index contributed by atoms with van der Waals surface area (Å²) in [6.07, 6.45) is 3.21. The average Bonchev–Trinajstić information content (AvgIpc) is 2.61. The lowest BCUT2D eigenvalue weighted by Crippen LogP contribution is -1.76. The van der Waals surface area contributed by atoms with E-state index in [9.17, 15) is 0 Å². The number of hydrogen-bond donors (Lipinski definition) is 1. The van der Waals surface area contributed by atoms with Crippen LogP contribution in [0.2, 0.25) is 0 Å². The van der Waals surface area contributed by atoms with Crippen LogP contribution in [-0.2, 0) is 0 Å². The Bertz CT molecular complexity index is 392. The maximum Gasteiger partial charge on any atom is 0.0465 e. The van der Waals surface area contributed by atoms with Crippen molar-refractivity contribution >= 4 is 22.7 Å². The van der Waals surface area contributed by atoms with E-state index in [-0.39, 0.29) is 0 Å². The highest BCUT2D eigenvalue weighted by Gasteiger charge is 1.96. The van der Waals surface area contributed by atoms with Gasteiger partial charge in [0.05, 0.1) is 0 Å². The predicted molar refractivity (Wildman–Crippen MR) is 59.3 cm³/mol. The number of aromatic nitrogens is 1. The fourth-order valence-corrected chi connectivity index (χ4v) is 2.14. The summed E-state index contributed by atoms with van der Waals surface area (Å²) in [7, 11) is 0. The second kappa shape index (κ2) is 3.88. The van der Waals surface area contributed by atoms with Gasteiger partial charge in [-0.3, -0.25) is 0 Å². The number of nitrogens with one attached hydrogen (secondary N) is 1. The van der Waals surface area contributed by atoms with Crippen LogP contribution in [0.1, 0.15) is 13.3 Å². The lowest BCUT2D eigenvalue weighted by molar-refractivity contribution is 1.10. The topological polar surface area (TPSA) is 15.8 Å². The van der Waals surface area contributed by atoms with Crippen molar-refractivity contribution in [2.75, 3.05) is 5.75 Å². The van der Waals surface area contributed by atoms with E-state index in [2.05, 4.69) is 36.2 Å². The van der Waals surface area contributed by atoms with Crippen LogP contribution >= 0.6 is 11.8 Å². The van der Waals surface area contributed by atoms with E-state index in [1.807, 2.05) is 18.0 Å². The zero-order chi connectivity index (χ0) is 9.10. The minimum atomic E-state index is 1.20. The summed E-state index contributed by atoms with van der Waals surface area (Å²) in [5, 5.41) is 1.29. The van der Waals surface area contributed by atoms with E-state index >= 15 is 0 Å². The molecule has 0 amide bonds. The number of hydrogen-bond acceptors (Lipinski definition) is 1. The first-order valence-electron chi connectivity index (χ1n) is 4.60. The van der Waals surface area contributed by atoms with E-state index in [4.69, 9.17) is 0 Å². The molecule has 0 radical (unpaired) electrons. The molecule has 0 aliphatic heterocycles. The second-order valence-corrected chi connectivity index (χ2v) is 4.24. The maximum atomic E-state index is 3.22. The highest BCUT2D eigenvalue weighted by atomic mass is 32.2. The van der Waals surface area contributed by atoms with Crippen molar-refractivity contribution < 1.29 is 0 Å². The van der Waals surface area contributed by atoms with Crippen LogP contribution < -0.4 is 0 Å². The number of fused-ring (bicyclic) bond motifs is 1. The minimum Gasteiger partial charge on any atom is -0.361 e. The number of thioether (sulfide) groups is 1. The highest BCUT2D eigenvalue weighted by Crippen LogP contribution is 2.23. The van der Waals surface area contributed by atoms with Crippen molar-refractivity contribution in [3.63, 3.8) is 0 Å². The smallest absolute Gasteiger partial charge is 0.0465 e. The van der Waals surface area contributed by atoms with E-state index in [1.54, 1.807) is 0 Å². The number of rotatable bonds is 3. The molecule has 0 aliphatic carbocycles. The van der Waals surface area contributed by atoms with Gasteiger partial charge in [-0.1, -0.05) is 13.0 Å². The Labute approximate surface area is 82.5 Å². The van der Waals surface area contributed by atoms with E-state index in [0.717, 1.165) is 0 Å².